The van der Waals surface area contributed by atoms with Crippen molar-refractivity contribution in [1.82, 2.24) is 4.90 Å². The van der Waals surface area contributed by atoms with Crippen LogP contribution in [0, 0.1) is 13.8 Å². The lowest BCUT2D eigenvalue weighted by Crippen LogP contribution is -2.61. The molecule has 2 N–H and O–H groups in total. The van der Waals surface area contributed by atoms with Crippen molar-refractivity contribution in [2.75, 3.05) is 6.54 Å². The number of hydrogen-bond acceptors (Lipinski definition) is 2. The molecule has 1 amide bonds. The Bertz CT molecular complexity index is 494. The Kier molecular flexibility index (Phi) is 3.68. The predicted octanol–water partition coefficient (Wildman–Crippen LogP) is 2.65. The number of nitrogens with zero attached hydrogens (tertiary/aromatic N) is 1. The first kappa shape index (κ1) is 14.1. The van der Waals surface area contributed by atoms with Gasteiger partial charge in [-0.1, -0.05) is 6.07 Å². The second-order valence-electron chi connectivity index (χ2n) is 6.16. The summed E-state index contributed by atoms with van der Waals surface area (Å²) in [5.74, 6) is 0.100. The fraction of sp³-hybridized carbons (Fsp3) is 0.562. The van der Waals surface area contributed by atoms with Crippen molar-refractivity contribution in [3.05, 3.63) is 34.9 Å². The van der Waals surface area contributed by atoms with E-state index in [1.54, 1.807) is 0 Å². The molecule has 0 radical (unpaired) electrons. The second kappa shape index (κ2) is 4.97. The third-order valence-electron chi connectivity index (χ3n) is 4.50. The van der Waals surface area contributed by atoms with Crippen LogP contribution < -0.4 is 5.73 Å². The van der Waals surface area contributed by atoms with E-state index in [0.717, 1.165) is 30.5 Å². The third kappa shape index (κ3) is 2.52. The molecule has 1 unspecified atom stereocenters. The van der Waals surface area contributed by atoms with Gasteiger partial charge in [0.25, 0.3) is 5.91 Å². The number of benzene rings is 1. The largest absolute Gasteiger partial charge is 0.332 e. The molecule has 1 saturated heterocycles. The summed E-state index contributed by atoms with van der Waals surface area (Å²) in [7, 11) is 0. The summed E-state index contributed by atoms with van der Waals surface area (Å²) in [6, 6.07) is 5.96. The Balaban J connectivity index is 2.30. The van der Waals surface area contributed by atoms with Crippen LogP contribution in [-0.2, 0) is 0 Å². The average Bonchev–Trinajstić information content (AvgIpc) is 2.35. The predicted molar refractivity (Wildman–Crippen MR) is 78.2 cm³/mol. The van der Waals surface area contributed by atoms with Crippen LogP contribution in [0.2, 0.25) is 0 Å². The minimum Gasteiger partial charge on any atom is -0.332 e. The van der Waals surface area contributed by atoms with Gasteiger partial charge in [-0.3, -0.25) is 4.79 Å². The molecule has 1 aliphatic rings. The van der Waals surface area contributed by atoms with Crippen molar-refractivity contribution >= 4 is 5.91 Å². The van der Waals surface area contributed by atoms with Gasteiger partial charge < -0.3 is 10.6 Å². The van der Waals surface area contributed by atoms with E-state index in [4.69, 9.17) is 5.73 Å². The zero-order valence-corrected chi connectivity index (χ0v) is 12.4. The molecule has 3 nitrogen and oxygen atoms in total. The molecule has 0 bridgehead atoms. The standard InChI is InChI=1S/C16H24N2O/c1-11-7-8-13(10-12(11)2)15(19)18-9-5-6-14(17)16(18,3)4/h7-8,10,14H,5-6,9,17H2,1-4H3. The first-order chi connectivity index (χ1) is 8.84. The summed E-state index contributed by atoms with van der Waals surface area (Å²) >= 11 is 0. The van der Waals surface area contributed by atoms with E-state index >= 15 is 0 Å². The number of hydrogen-bond donors (Lipinski definition) is 1. The molecule has 0 aromatic heterocycles. The maximum absolute atomic E-state index is 12.7. The molecule has 1 aliphatic heterocycles. The smallest absolute Gasteiger partial charge is 0.254 e. The van der Waals surface area contributed by atoms with E-state index < -0.39 is 0 Å². The Morgan fingerprint density at radius 2 is 2.00 bits per heavy atom. The summed E-state index contributed by atoms with van der Waals surface area (Å²) in [6.45, 7) is 9.03. The topological polar surface area (TPSA) is 46.3 Å². The summed E-state index contributed by atoms with van der Waals surface area (Å²) in [4.78, 5) is 14.6. The number of aryl methyl sites for hydroxylation is 2. The molecule has 0 aliphatic carbocycles. The van der Waals surface area contributed by atoms with Gasteiger partial charge in [-0.15, -0.1) is 0 Å². The van der Waals surface area contributed by atoms with Crippen LogP contribution in [0.1, 0.15) is 48.2 Å². The van der Waals surface area contributed by atoms with Gasteiger partial charge >= 0.3 is 0 Å². The molecule has 1 aromatic carbocycles. The fourth-order valence-corrected chi connectivity index (χ4v) is 2.70. The van der Waals surface area contributed by atoms with E-state index in [1.807, 2.05) is 30.0 Å². The van der Waals surface area contributed by atoms with Crippen LogP contribution in [0.5, 0.6) is 0 Å². The van der Waals surface area contributed by atoms with Gasteiger partial charge in [-0.2, -0.15) is 0 Å². The van der Waals surface area contributed by atoms with Crippen molar-refractivity contribution in [3.8, 4) is 0 Å². The molecule has 3 heteroatoms. The highest BCUT2D eigenvalue weighted by Gasteiger charge is 2.39. The van der Waals surface area contributed by atoms with Gasteiger partial charge in [0.15, 0.2) is 0 Å². The molecule has 1 heterocycles. The normalized spacial score (nSPS) is 22.4. The fourth-order valence-electron chi connectivity index (χ4n) is 2.70. The van der Waals surface area contributed by atoms with E-state index in [0.29, 0.717) is 0 Å². The highest BCUT2D eigenvalue weighted by molar-refractivity contribution is 5.95. The summed E-state index contributed by atoms with van der Waals surface area (Å²) in [5, 5.41) is 0. The monoisotopic (exact) mass is 260 g/mol. The van der Waals surface area contributed by atoms with Crippen molar-refractivity contribution in [2.45, 2.75) is 52.1 Å². The first-order valence-corrected chi connectivity index (χ1v) is 6.99. The van der Waals surface area contributed by atoms with Crippen LogP contribution >= 0.6 is 0 Å². The molecule has 1 atom stereocenters. The van der Waals surface area contributed by atoms with E-state index in [9.17, 15) is 4.79 Å². The summed E-state index contributed by atoms with van der Waals surface area (Å²) < 4.78 is 0. The van der Waals surface area contributed by atoms with Gasteiger partial charge in [-0.05, 0) is 63.8 Å². The molecule has 0 spiro atoms. The lowest BCUT2D eigenvalue weighted by molar-refractivity contribution is 0.0362. The third-order valence-corrected chi connectivity index (χ3v) is 4.50. The Labute approximate surface area is 115 Å². The quantitative estimate of drug-likeness (QED) is 0.843. The van der Waals surface area contributed by atoms with Crippen molar-refractivity contribution in [2.24, 2.45) is 5.73 Å². The van der Waals surface area contributed by atoms with Crippen LogP contribution in [-0.4, -0.2) is 28.9 Å². The lowest BCUT2D eigenvalue weighted by atomic mass is 9.85. The Morgan fingerprint density at radius 3 is 2.63 bits per heavy atom. The molecule has 19 heavy (non-hydrogen) atoms. The zero-order valence-electron chi connectivity index (χ0n) is 12.4. The highest BCUT2D eigenvalue weighted by atomic mass is 16.2. The van der Waals surface area contributed by atoms with E-state index in [-0.39, 0.29) is 17.5 Å². The molecular weight excluding hydrogens is 236 g/mol. The van der Waals surface area contributed by atoms with Crippen LogP contribution in [0.25, 0.3) is 0 Å². The zero-order chi connectivity index (χ0) is 14.2. The van der Waals surface area contributed by atoms with Crippen molar-refractivity contribution < 1.29 is 4.79 Å². The number of rotatable bonds is 1. The number of likely N-dealkylation sites (tertiary alicyclic amines) is 1. The summed E-state index contributed by atoms with van der Waals surface area (Å²) in [6.07, 6.45) is 1.98. The van der Waals surface area contributed by atoms with Gasteiger partial charge in [0.1, 0.15) is 0 Å². The first-order valence-electron chi connectivity index (χ1n) is 6.99. The maximum Gasteiger partial charge on any atom is 0.254 e. The molecule has 104 valence electrons. The van der Waals surface area contributed by atoms with Crippen molar-refractivity contribution in [1.29, 1.82) is 0 Å². The maximum atomic E-state index is 12.7. The molecular formula is C16H24N2O. The number of piperidine rings is 1. The SMILES string of the molecule is Cc1ccc(C(=O)N2CCCC(N)C2(C)C)cc1C. The Hall–Kier alpha value is -1.35. The number of nitrogens with two attached hydrogens (primary N) is 1. The average molecular weight is 260 g/mol. The van der Waals surface area contributed by atoms with Crippen molar-refractivity contribution in [3.63, 3.8) is 0 Å². The number of carbonyl (C=O) groups excluding carboxylic acids is 1. The van der Waals surface area contributed by atoms with Crippen LogP contribution in [0.4, 0.5) is 0 Å². The number of carbonyl (C=O) groups is 1. The molecule has 1 aromatic rings. The molecule has 0 saturated carbocycles. The molecule has 2 rings (SSSR count). The van der Waals surface area contributed by atoms with Gasteiger partial charge in [0, 0.05) is 18.2 Å². The van der Waals surface area contributed by atoms with Crippen LogP contribution in [0.3, 0.4) is 0 Å². The number of amides is 1. The molecule has 1 fully saturated rings. The van der Waals surface area contributed by atoms with E-state index in [1.165, 1.54) is 5.56 Å². The lowest BCUT2D eigenvalue weighted by Gasteiger charge is -2.46. The minimum atomic E-state index is -0.270. The Morgan fingerprint density at radius 1 is 1.32 bits per heavy atom. The minimum absolute atomic E-state index is 0.0525. The second-order valence-corrected chi connectivity index (χ2v) is 6.16. The summed E-state index contributed by atoms with van der Waals surface area (Å²) in [5.41, 5.74) is 9.05. The van der Waals surface area contributed by atoms with Crippen LogP contribution in [0.15, 0.2) is 18.2 Å². The van der Waals surface area contributed by atoms with Gasteiger partial charge in [0.05, 0.1) is 5.54 Å². The highest BCUT2D eigenvalue weighted by Crippen LogP contribution is 2.28. The van der Waals surface area contributed by atoms with Gasteiger partial charge in [0.2, 0.25) is 0 Å². The van der Waals surface area contributed by atoms with E-state index in [2.05, 4.69) is 20.8 Å². The van der Waals surface area contributed by atoms with Gasteiger partial charge in [-0.25, -0.2) is 0 Å².